The predicted molar refractivity (Wildman–Crippen MR) is 77.3 cm³/mol. The summed E-state index contributed by atoms with van der Waals surface area (Å²) in [5.41, 5.74) is 2.23. The Kier molecular flexibility index (Phi) is 3.17. The van der Waals surface area contributed by atoms with Crippen LogP contribution in [-0.4, -0.2) is 28.7 Å². The molecule has 0 saturated carbocycles. The molecule has 19 heavy (non-hydrogen) atoms. The van der Waals surface area contributed by atoms with Gasteiger partial charge in [-0.25, -0.2) is 0 Å². The van der Waals surface area contributed by atoms with E-state index in [-0.39, 0.29) is 17.4 Å². The molecular formula is C14H14ClNO2S. The maximum Gasteiger partial charge on any atom is 0.157 e. The molecule has 1 unspecified atom stereocenters. The van der Waals surface area contributed by atoms with E-state index in [2.05, 4.69) is 11.9 Å². The minimum Gasteiger partial charge on any atom is -0.504 e. The Morgan fingerprint density at radius 3 is 2.79 bits per heavy atom. The number of fused-ring (bicyclic) bond motifs is 1. The molecule has 0 aliphatic carbocycles. The highest BCUT2D eigenvalue weighted by Gasteiger charge is 2.27. The summed E-state index contributed by atoms with van der Waals surface area (Å²) in [6.45, 7) is 1.79. The highest BCUT2D eigenvalue weighted by molar-refractivity contribution is 7.16. The van der Waals surface area contributed by atoms with E-state index in [9.17, 15) is 10.2 Å². The number of hydrogen-bond donors (Lipinski definition) is 2. The predicted octanol–water partition coefficient (Wildman–Crippen LogP) is 3.39. The van der Waals surface area contributed by atoms with Crippen LogP contribution in [-0.2, 0) is 6.54 Å². The minimum absolute atomic E-state index is 0.0754. The molecular weight excluding hydrogens is 282 g/mol. The van der Waals surface area contributed by atoms with Crippen LogP contribution in [0.1, 0.15) is 21.9 Å². The molecule has 0 spiro atoms. The SMILES string of the molecule is CN1Cc2sc(Cl)cc2C(c2ccc(O)c(O)c2)C1. The molecule has 0 bridgehead atoms. The first kappa shape index (κ1) is 12.8. The van der Waals surface area contributed by atoms with Gasteiger partial charge in [-0.2, -0.15) is 0 Å². The number of halogens is 1. The molecule has 1 aromatic heterocycles. The summed E-state index contributed by atoms with van der Waals surface area (Å²) in [6, 6.07) is 7.04. The Labute approximate surface area is 120 Å². The van der Waals surface area contributed by atoms with Gasteiger partial charge in [0.2, 0.25) is 0 Å². The summed E-state index contributed by atoms with van der Waals surface area (Å²) in [6.07, 6.45) is 0. The fourth-order valence-electron chi connectivity index (χ4n) is 2.59. The van der Waals surface area contributed by atoms with Gasteiger partial charge < -0.3 is 15.1 Å². The Morgan fingerprint density at radius 1 is 1.26 bits per heavy atom. The molecule has 0 fully saturated rings. The number of hydrogen-bond acceptors (Lipinski definition) is 4. The molecule has 3 rings (SSSR count). The zero-order valence-corrected chi connectivity index (χ0v) is 12.0. The van der Waals surface area contributed by atoms with E-state index in [0.717, 1.165) is 23.0 Å². The molecule has 0 saturated heterocycles. The van der Waals surface area contributed by atoms with Gasteiger partial charge in [0.15, 0.2) is 11.5 Å². The van der Waals surface area contributed by atoms with Crippen LogP contribution >= 0.6 is 22.9 Å². The van der Waals surface area contributed by atoms with Crippen molar-refractivity contribution in [2.45, 2.75) is 12.5 Å². The first-order chi connectivity index (χ1) is 9.04. The Balaban J connectivity index is 2.06. The smallest absolute Gasteiger partial charge is 0.157 e. The van der Waals surface area contributed by atoms with Crippen LogP contribution in [0.25, 0.3) is 0 Å². The molecule has 100 valence electrons. The second-order valence-corrected chi connectivity index (χ2v) is 6.69. The van der Waals surface area contributed by atoms with Gasteiger partial charge in [-0.1, -0.05) is 17.7 Å². The van der Waals surface area contributed by atoms with Crippen LogP contribution < -0.4 is 0 Å². The average Bonchev–Trinajstić information content (AvgIpc) is 2.72. The zero-order chi connectivity index (χ0) is 13.6. The van der Waals surface area contributed by atoms with E-state index in [1.807, 2.05) is 12.1 Å². The molecule has 0 radical (unpaired) electrons. The molecule has 0 amide bonds. The van der Waals surface area contributed by atoms with Crippen molar-refractivity contribution < 1.29 is 10.2 Å². The van der Waals surface area contributed by atoms with Crippen LogP contribution in [0.15, 0.2) is 24.3 Å². The van der Waals surface area contributed by atoms with Crippen LogP contribution in [0.2, 0.25) is 4.34 Å². The second kappa shape index (κ2) is 4.71. The molecule has 1 aliphatic heterocycles. The summed E-state index contributed by atoms with van der Waals surface area (Å²) < 4.78 is 0.799. The first-order valence-corrected chi connectivity index (χ1v) is 7.22. The monoisotopic (exact) mass is 295 g/mol. The fraction of sp³-hybridized carbons (Fsp3) is 0.286. The van der Waals surface area contributed by atoms with Gasteiger partial charge in [-0.15, -0.1) is 11.3 Å². The summed E-state index contributed by atoms with van der Waals surface area (Å²) in [5.74, 6) is 0.0223. The summed E-state index contributed by atoms with van der Waals surface area (Å²) >= 11 is 7.73. The summed E-state index contributed by atoms with van der Waals surface area (Å²) in [5, 5.41) is 19.1. The maximum absolute atomic E-state index is 9.66. The van der Waals surface area contributed by atoms with Crippen LogP contribution in [0, 0.1) is 0 Å². The van der Waals surface area contributed by atoms with E-state index < -0.39 is 0 Å². The number of likely N-dealkylation sites (N-methyl/N-ethyl adjacent to an activating group) is 1. The van der Waals surface area contributed by atoms with E-state index in [1.54, 1.807) is 17.4 Å². The lowest BCUT2D eigenvalue weighted by atomic mass is 9.88. The number of aromatic hydroxyl groups is 2. The lowest BCUT2D eigenvalue weighted by Crippen LogP contribution is -2.29. The van der Waals surface area contributed by atoms with E-state index >= 15 is 0 Å². The summed E-state index contributed by atoms with van der Waals surface area (Å²) in [7, 11) is 2.07. The minimum atomic E-state index is -0.0866. The van der Waals surface area contributed by atoms with Gasteiger partial charge in [0.1, 0.15) is 0 Å². The number of nitrogens with zero attached hydrogens (tertiary/aromatic N) is 1. The zero-order valence-electron chi connectivity index (χ0n) is 10.4. The van der Waals surface area contributed by atoms with E-state index in [4.69, 9.17) is 11.6 Å². The van der Waals surface area contributed by atoms with Crippen molar-refractivity contribution in [3.05, 3.63) is 44.6 Å². The van der Waals surface area contributed by atoms with Gasteiger partial charge >= 0.3 is 0 Å². The molecule has 2 heterocycles. The van der Waals surface area contributed by atoms with E-state index in [1.165, 1.54) is 16.5 Å². The molecule has 5 heteroatoms. The molecule has 3 nitrogen and oxygen atoms in total. The van der Waals surface area contributed by atoms with Gasteiger partial charge in [0.25, 0.3) is 0 Å². The first-order valence-electron chi connectivity index (χ1n) is 6.03. The van der Waals surface area contributed by atoms with Crippen molar-refractivity contribution in [3.63, 3.8) is 0 Å². The van der Waals surface area contributed by atoms with Crippen molar-refractivity contribution in [2.75, 3.05) is 13.6 Å². The highest BCUT2D eigenvalue weighted by Crippen LogP contribution is 2.41. The highest BCUT2D eigenvalue weighted by atomic mass is 35.5. The normalized spacial score (nSPS) is 19.4. The van der Waals surface area contributed by atoms with E-state index in [0.29, 0.717) is 0 Å². The number of phenolic OH excluding ortho intramolecular Hbond substituents is 2. The Hall–Kier alpha value is -1.23. The quantitative estimate of drug-likeness (QED) is 0.793. The van der Waals surface area contributed by atoms with Crippen LogP contribution in [0.3, 0.4) is 0 Å². The largest absolute Gasteiger partial charge is 0.504 e. The lowest BCUT2D eigenvalue weighted by molar-refractivity contribution is 0.299. The van der Waals surface area contributed by atoms with Crippen molar-refractivity contribution in [1.29, 1.82) is 0 Å². The average molecular weight is 296 g/mol. The third kappa shape index (κ3) is 2.31. The topological polar surface area (TPSA) is 43.7 Å². The van der Waals surface area contributed by atoms with Crippen molar-refractivity contribution >= 4 is 22.9 Å². The van der Waals surface area contributed by atoms with Gasteiger partial charge in [0.05, 0.1) is 4.34 Å². The van der Waals surface area contributed by atoms with Gasteiger partial charge in [-0.05, 0) is 36.4 Å². The molecule has 2 N–H and O–H groups in total. The standard InChI is InChI=1S/C14H14ClNO2S/c1-16-6-10(8-2-3-11(17)12(18)4-8)9-5-14(15)19-13(9)7-16/h2-5,10,17-18H,6-7H2,1H3. The number of thiophene rings is 1. The third-order valence-corrected chi connectivity index (χ3v) is 4.76. The lowest BCUT2D eigenvalue weighted by Gasteiger charge is -2.30. The number of rotatable bonds is 1. The van der Waals surface area contributed by atoms with Crippen molar-refractivity contribution in [1.82, 2.24) is 4.90 Å². The molecule has 1 atom stereocenters. The Morgan fingerprint density at radius 2 is 2.05 bits per heavy atom. The molecule has 2 aromatic rings. The number of benzene rings is 1. The maximum atomic E-state index is 9.66. The van der Waals surface area contributed by atoms with Gasteiger partial charge in [-0.3, -0.25) is 0 Å². The molecule has 1 aromatic carbocycles. The fourth-order valence-corrected chi connectivity index (χ4v) is 4.01. The third-order valence-electron chi connectivity index (χ3n) is 3.50. The van der Waals surface area contributed by atoms with Gasteiger partial charge in [0, 0.05) is 23.9 Å². The molecule has 1 aliphatic rings. The summed E-state index contributed by atoms with van der Waals surface area (Å²) in [4.78, 5) is 3.51. The number of phenols is 2. The van der Waals surface area contributed by atoms with Crippen LogP contribution in [0.5, 0.6) is 11.5 Å². The van der Waals surface area contributed by atoms with Crippen LogP contribution in [0.4, 0.5) is 0 Å². The second-order valence-electron chi connectivity index (χ2n) is 4.93. The van der Waals surface area contributed by atoms with Crippen molar-refractivity contribution in [3.8, 4) is 11.5 Å². The Bertz CT molecular complexity index is 626. The van der Waals surface area contributed by atoms with Crippen molar-refractivity contribution in [2.24, 2.45) is 0 Å².